The summed E-state index contributed by atoms with van der Waals surface area (Å²) in [4.78, 5) is -0.106. The van der Waals surface area contributed by atoms with Gasteiger partial charge in [0, 0.05) is 10.0 Å². The number of anilines is 1. The number of ether oxygens (including phenoxy) is 1. The van der Waals surface area contributed by atoms with Gasteiger partial charge in [0.15, 0.2) is 0 Å². The quantitative estimate of drug-likeness (QED) is 0.446. The van der Waals surface area contributed by atoms with Crippen molar-refractivity contribution in [1.29, 1.82) is 0 Å². The van der Waals surface area contributed by atoms with Gasteiger partial charge >= 0.3 is 0 Å². The predicted molar refractivity (Wildman–Crippen MR) is 116 cm³/mol. The summed E-state index contributed by atoms with van der Waals surface area (Å²) in [6.45, 7) is 3.37. The van der Waals surface area contributed by atoms with Gasteiger partial charge in [0.2, 0.25) is 0 Å². The molecule has 0 aromatic heterocycles. The summed E-state index contributed by atoms with van der Waals surface area (Å²) in [5.41, 5.74) is 1.55. The lowest BCUT2D eigenvalue weighted by Crippen LogP contribution is -2.34. The van der Waals surface area contributed by atoms with E-state index < -0.39 is 21.9 Å². The zero-order chi connectivity index (χ0) is 21.2. The van der Waals surface area contributed by atoms with E-state index >= 15 is 0 Å². The fourth-order valence-corrected chi connectivity index (χ4v) is 5.06. The summed E-state index contributed by atoms with van der Waals surface area (Å²) in [5, 5.41) is 0. The van der Waals surface area contributed by atoms with Crippen molar-refractivity contribution in [2.45, 2.75) is 24.8 Å². The van der Waals surface area contributed by atoms with Crippen LogP contribution in [0.4, 0.5) is 10.1 Å². The molecule has 0 fully saturated rings. The van der Waals surface area contributed by atoms with E-state index in [-0.39, 0.29) is 4.90 Å². The SMILES string of the molecule is COc1ccccc1C(C)N(c1ccc(Br)cc1)S(=O)(=O)c1ccc(C)c(F)c1. The lowest BCUT2D eigenvalue weighted by molar-refractivity contribution is 0.407. The van der Waals surface area contributed by atoms with Crippen molar-refractivity contribution in [3.8, 4) is 5.75 Å². The molecule has 0 saturated heterocycles. The standard InChI is InChI=1S/C22H21BrFNO3S/c1-15-8-13-19(14-21(15)24)29(26,27)25(18-11-9-17(23)10-12-18)16(2)20-6-4-5-7-22(20)28-3/h4-14,16H,1-3H3. The third-order valence-corrected chi connectivity index (χ3v) is 7.15. The number of benzene rings is 3. The first-order valence-electron chi connectivity index (χ1n) is 8.94. The van der Waals surface area contributed by atoms with Gasteiger partial charge in [-0.3, -0.25) is 4.31 Å². The van der Waals surface area contributed by atoms with Crippen molar-refractivity contribution < 1.29 is 17.5 Å². The molecule has 0 radical (unpaired) electrons. The minimum Gasteiger partial charge on any atom is -0.496 e. The van der Waals surface area contributed by atoms with Crippen LogP contribution in [0.25, 0.3) is 0 Å². The molecule has 29 heavy (non-hydrogen) atoms. The molecule has 7 heteroatoms. The third-order valence-electron chi connectivity index (χ3n) is 4.72. The molecule has 152 valence electrons. The average Bonchev–Trinajstić information content (AvgIpc) is 2.71. The normalized spacial score (nSPS) is 12.4. The molecule has 0 bridgehead atoms. The molecule has 0 N–H and O–H groups in total. The van der Waals surface area contributed by atoms with Crippen molar-refractivity contribution in [1.82, 2.24) is 0 Å². The van der Waals surface area contributed by atoms with E-state index in [0.29, 0.717) is 22.6 Å². The van der Waals surface area contributed by atoms with Gasteiger partial charge in [-0.25, -0.2) is 12.8 Å². The van der Waals surface area contributed by atoms with E-state index in [9.17, 15) is 12.8 Å². The van der Waals surface area contributed by atoms with Crippen LogP contribution >= 0.6 is 15.9 Å². The highest BCUT2D eigenvalue weighted by molar-refractivity contribution is 9.10. The van der Waals surface area contributed by atoms with Crippen LogP contribution in [0.2, 0.25) is 0 Å². The van der Waals surface area contributed by atoms with E-state index in [1.165, 1.54) is 16.4 Å². The smallest absolute Gasteiger partial charge is 0.264 e. The maximum atomic E-state index is 14.2. The van der Waals surface area contributed by atoms with E-state index in [1.54, 1.807) is 51.3 Å². The molecule has 0 aliphatic rings. The molecule has 0 aliphatic carbocycles. The first-order valence-corrected chi connectivity index (χ1v) is 11.2. The Bertz CT molecular complexity index is 1120. The number of rotatable bonds is 6. The van der Waals surface area contributed by atoms with Crippen LogP contribution in [0.15, 0.2) is 76.1 Å². The van der Waals surface area contributed by atoms with Gasteiger partial charge in [-0.1, -0.05) is 40.2 Å². The summed E-state index contributed by atoms with van der Waals surface area (Å²) in [6.07, 6.45) is 0. The Morgan fingerprint density at radius 2 is 1.69 bits per heavy atom. The number of nitrogens with zero attached hydrogens (tertiary/aromatic N) is 1. The molecule has 3 aromatic carbocycles. The molecule has 1 atom stereocenters. The van der Waals surface area contributed by atoms with Crippen LogP contribution in [0, 0.1) is 12.7 Å². The van der Waals surface area contributed by atoms with Crippen LogP contribution in [-0.2, 0) is 10.0 Å². The average molecular weight is 478 g/mol. The molecule has 0 spiro atoms. The molecule has 3 rings (SSSR count). The fraction of sp³-hybridized carbons (Fsp3) is 0.182. The van der Waals surface area contributed by atoms with E-state index in [0.717, 1.165) is 10.5 Å². The first kappa shape index (κ1) is 21.3. The number of methoxy groups -OCH3 is 1. The highest BCUT2D eigenvalue weighted by Gasteiger charge is 2.32. The summed E-state index contributed by atoms with van der Waals surface area (Å²) in [6, 6.07) is 17.6. The molecule has 3 aromatic rings. The van der Waals surface area contributed by atoms with Crippen LogP contribution in [0.1, 0.15) is 24.1 Å². The Labute approximate surface area is 179 Å². The molecule has 0 aliphatic heterocycles. The third kappa shape index (κ3) is 4.31. The molecule has 0 amide bonds. The van der Waals surface area contributed by atoms with Crippen LogP contribution in [0.5, 0.6) is 5.75 Å². The van der Waals surface area contributed by atoms with E-state index in [1.807, 2.05) is 18.2 Å². The highest BCUT2D eigenvalue weighted by Crippen LogP contribution is 2.37. The molecular weight excluding hydrogens is 457 g/mol. The van der Waals surface area contributed by atoms with Gasteiger partial charge < -0.3 is 4.74 Å². The van der Waals surface area contributed by atoms with Gasteiger partial charge in [0.05, 0.1) is 23.7 Å². The lowest BCUT2D eigenvalue weighted by atomic mass is 10.1. The Balaban J connectivity index is 2.20. The second-order valence-electron chi connectivity index (χ2n) is 6.61. The van der Waals surface area contributed by atoms with Gasteiger partial charge in [0.1, 0.15) is 11.6 Å². The molecular formula is C22H21BrFNO3S. The van der Waals surface area contributed by atoms with Gasteiger partial charge in [-0.05, 0) is 61.9 Å². The number of hydrogen-bond donors (Lipinski definition) is 0. The summed E-state index contributed by atoms with van der Waals surface area (Å²) >= 11 is 3.37. The highest BCUT2D eigenvalue weighted by atomic mass is 79.9. The largest absolute Gasteiger partial charge is 0.496 e. The zero-order valence-electron chi connectivity index (χ0n) is 16.3. The van der Waals surface area contributed by atoms with E-state index in [4.69, 9.17) is 4.74 Å². The molecule has 4 nitrogen and oxygen atoms in total. The van der Waals surface area contributed by atoms with Gasteiger partial charge in [-0.15, -0.1) is 0 Å². The van der Waals surface area contributed by atoms with Crippen molar-refractivity contribution in [2.24, 2.45) is 0 Å². The summed E-state index contributed by atoms with van der Waals surface area (Å²) < 4.78 is 48.9. The second-order valence-corrected chi connectivity index (χ2v) is 9.34. The zero-order valence-corrected chi connectivity index (χ0v) is 18.7. The van der Waals surface area contributed by atoms with Crippen LogP contribution in [0.3, 0.4) is 0 Å². The number of para-hydroxylation sites is 1. The predicted octanol–water partition coefficient (Wildman–Crippen LogP) is 5.86. The molecule has 1 unspecified atom stereocenters. The Morgan fingerprint density at radius 1 is 1.03 bits per heavy atom. The Hall–Kier alpha value is -2.38. The van der Waals surface area contributed by atoms with Crippen molar-refractivity contribution >= 4 is 31.6 Å². The number of halogens is 2. The first-order chi connectivity index (χ1) is 13.8. The molecule has 0 heterocycles. The minimum atomic E-state index is -4.06. The van der Waals surface area contributed by atoms with Crippen molar-refractivity contribution in [2.75, 3.05) is 11.4 Å². The topological polar surface area (TPSA) is 46.6 Å². The lowest BCUT2D eigenvalue weighted by Gasteiger charge is -2.31. The number of aryl methyl sites for hydroxylation is 1. The monoisotopic (exact) mass is 477 g/mol. The number of hydrogen-bond acceptors (Lipinski definition) is 3. The maximum Gasteiger partial charge on any atom is 0.264 e. The summed E-state index contributed by atoms with van der Waals surface area (Å²) in [5.74, 6) is 0.0131. The van der Waals surface area contributed by atoms with Gasteiger partial charge in [-0.2, -0.15) is 0 Å². The second kappa shape index (κ2) is 8.55. The van der Waals surface area contributed by atoms with Gasteiger partial charge in [0.25, 0.3) is 10.0 Å². The maximum absolute atomic E-state index is 14.2. The Morgan fingerprint density at radius 3 is 2.31 bits per heavy atom. The van der Waals surface area contributed by atoms with Crippen LogP contribution < -0.4 is 9.04 Å². The van der Waals surface area contributed by atoms with E-state index in [2.05, 4.69) is 15.9 Å². The number of sulfonamides is 1. The fourth-order valence-electron chi connectivity index (χ4n) is 3.14. The Kier molecular flexibility index (Phi) is 6.29. The van der Waals surface area contributed by atoms with Crippen molar-refractivity contribution in [3.63, 3.8) is 0 Å². The minimum absolute atomic E-state index is 0.106. The van der Waals surface area contributed by atoms with Crippen LogP contribution in [-0.4, -0.2) is 15.5 Å². The summed E-state index contributed by atoms with van der Waals surface area (Å²) in [7, 11) is -2.52. The molecule has 0 saturated carbocycles. The van der Waals surface area contributed by atoms with Crippen molar-refractivity contribution in [3.05, 3.63) is 88.1 Å².